The SMILES string of the molecule is CCCCCCCCCCNCCC(=O)N[C@@H](CCCCN)C(=O)N(C)[C@@H]1C(=O)N[C@@H](C)C(=O)N[C@H](C(=O)N[C@@H](C)C(=O)COC(C)=O)Cc2ccc(O)c(c2)-c2cc1ccc2O. The van der Waals surface area contributed by atoms with Crippen molar-refractivity contribution in [1.29, 1.82) is 0 Å². The minimum atomic E-state index is -1.41. The fourth-order valence-electron chi connectivity index (χ4n) is 7.31. The van der Waals surface area contributed by atoms with Gasteiger partial charge in [-0.25, -0.2) is 0 Å². The van der Waals surface area contributed by atoms with Crippen molar-refractivity contribution < 1.29 is 48.5 Å². The number of ketones is 1. The van der Waals surface area contributed by atoms with Crippen LogP contribution in [0.2, 0.25) is 0 Å². The van der Waals surface area contributed by atoms with E-state index in [-0.39, 0.29) is 53.4 Å². The molecular formula is C46H69N7O10. The summed E-state index contributed by atoms with van der Waals surface area (Å²) in [5.41, 5.74) is 6.68. The van der Waals surface area contributed by atoms with Crippen LogP contribution in [0.1, 0.15) is 122 Å². The average Bonchev–Trinajstić information content (AvgIpc) is 3.24. The van der Waals surface area contributed by atoms with Gasteiger partial charge < -0.3 is 52.2 Å². The Labute approximate surface area is 371 Å². The average molecular weight is 880 g/mol. The number of benzene rings is 2. The number of nitrogens with two attached hydrogens (primary N) is 1. The highest BCUT2D eigenvalue weighted by atomic mass is 16.5. The standard InChI is InChI=1S/C46H69N7O10/c1-6-7-8-9-10-11-12-15-23-48-24-21-41(58)51-36(16-13-14-22-47)46(62)53(5)42-33-18-20-39(56)35(27-33)34-25-32(17-19-38(34)55)26-37(52-43(59)30(3)50-45(42)61)44(60)49-29(2)40(57)28-63-31(4)54/h17-20,25,27,29-30,36-37,42,48,55-56H,6-16,21-24,26,28,47H2,1-5H3,(H,49,60)(H,50,61)(H,51,58)(H,52,59)/t29-,30-,36-,37-,42-/m0/s1. The molecule has 9 N–H and O–H groups in total. The lowest BCUT2D eigenvalue weighted by molar-refractivity contribution is -0.146. The first-order valence-electron chi connectivity index (χ1n) is 22.3. The molecule has 0 saturated carbocycles. The number of aromatic hydroxyl groups is 2. The Balaban J connectivity index is 1.88. The highest BCUT2D eigenvalue weighted by Gasteiger charge is 2.36. The van der Waals surface area contributed by atoms with Gasteiger partial charge in [-0.1, -0.05) is 64.0 Å². The number of phenols is 2. The number of rotatable bonds is 24. The number of nitrogens with one attached hydrogen (secondary N) is 5. The fourth-order valence-corrected chi connectivity index (χ4v) is 7.31. The molecule has 348 valence electrons. The summed E-state index contributed by atoms with van der Waals surface area (Å²) in [5, 5.41) is 36.1. The van der Waals surface area contributed by atoms with Crippen molar-refractivity contribution >= 4 is 41.3 Å². The van der Waals surface area contributed by atoms with Crippen molar-refractivity contribution in [3.05, 3.63) is 47.5 Å². The maximum atomic E-state index is 14.4. The van der Waals surface area contributed by atoms with Crippen LogP contribution in [0.25, 0.3) is 11.1 Å². The second-order valence-corrected chi connectivity index (χ2v) is 16.3. The smallest absolute Gasteiger partial charge is 0.303 e. The van der Waals surface area contributed by atoms with E-state index < -0.39 is 72.2 Å². The van der Waals surface area contributed by atoms with Crippen molar-refractivity contribution in [1.82, 2.24) is 31.5 Å². The summed E-state index contributed by atoms with van der Waals surface area (Å²) in [6.07, 6.45) is 10.9. The van der Waals surface area contributed by atoms with Gasteiger partial charge in [-0.2, -0.15) is 0 Å². The van der Waals surface area contributed by atoms with Gasteiger partial charge in [0.15, 0.2) is 12.4 Å². The number of fused-ring (bicyclic) bond motifs is 5. The molecule has 3 rings (SSSR count). The van der Waals surface area contributed by atoms with Crippen LogP contribution >= 0.6 is 0 Å². The van der Waals surface area contributed by atoms with Crippen molar-refractivity contribution in [2.45, 2.75) is 141 Å². The predicted molar refractivity (Wildman–Crippen MR) is 238 cm³/mol. The number of likely N-dealkylation sites (N-methyl/N-ethyl adjacent to an activating group) is 1. The normalized spacial score (nSPS) is 17.3. The molecule has 0 unspecified atom stereocenters. The summed E-state index contributed by atoms with van der Waals surface area (Å²) < 4.78 is 4.76. The van der Waals surface area contributed by atoms with Gasteiger partial charge in [0.1, 0.15) is 35.7 Å². The van der Waals surface area contributed by atoms with Crippen LogP contribution in [0, 0.1) is 0 Å². The zero-order valence-electron chi connectivity index (χ0n) is 37.6. The Morgan fingerprint density at radius 1 is 0.857 bits per heavy atom. The van der Waals surface area contributed by atoms with Crippen LogP contribution in [0.4, 0.5) is 0 Å². The second-order valence-electron chi connectivity index (χ2n) is 16.3. The molecule has 5 amide bonds. The van der Waals surface area contributed by atoms with Gasteiger partial charge in [0.05, 0.1) is 6.04 Å². The third kappa shape index (κ3) is 16.9. The maximum absolute atomic E-state index is 14.4. The molecule has 5 atom stereocenters. The van der Waals surface area contributed by atoms with Gasteiger partial charge in [0.2, 0.25) is 29.5 Å². The molecule has 0 spiro atoms. The quantitative estimate of drug-likeness (QED) is 0.0559. The van der Waals surface area contributed by atoms with Gasteiger partial charge in [-0.3, -0.25) is 33.6 Å². The van der Waals surface area contributed by atoms with Crippen LogP contribution in [0.15, 0.2) is 36.4 Å². The first-order valence-corrected chi connectivity index (χ1v) is 22.3. The summed E-state index contributed by atoms with van der Waals surface area (Å²) >= 11 is 0. The summed E-state index contributed by atoms with van der Waals surface area (Å²) in [4.78, 5) is 94.3. The number of phenolic OH excluding ortho intramolecular Hbond substituents is 2. The van der Waals surface area contributed by atoms with E-state index in [9.17, 15) is 43.8 Å². The molecule has 0 aromatic heterocycles. The third-order valence-electron chi connectivity index (χ3n) is 11.1. The molecule has 0 radical (unpaired) electrons. The Hall–Kier alpha value is -5.55. The number of ether oxygens (including phenoxy) is 1. The van der Waals surface area contributed by atoms with E-state index in [4.69, 9.17) is 10.5 Å². The minimum Gasteiger partial charge on any atom is -0.507 e. The first kappa shape index (κ1) is 51.8. The van der Waals surface area contributed by atoms with Gasteiger partial charge in [-0.15, -0.1) is 0 Å². The van der Waals surface area contributed by atoms with Crippen LogP contribution in [-0.4, -0.2) is 114 Å². The topological polar surface area (TPSA) is 259 Å². The Morgan fingerprint density at radius 2 is 1.51 bits per heavy atom. The van der Waals surface area contributed by atoms with Crippen molar-refractivity contribution in [2.24, 2.45) is 5.73 Å². The number of esters is 1. The summed E-state index contributed by atoms with van der Waals surface area (Å²) in [7, 11) is 1.41. The molecule has 63 heavy (non-hydrogen) atoms. The maximum Gasteiger partial charge on any atom is 0.303 e. The number of unbranched alkanes of at least 4 members (excludes halogenated alkanes) is 8. The monoisotopic (exact) mass is 880 g/mol. The lowest BCUT2D eigenvalue weighted by Gasteiger charge is -2.32. The number of hydrogen-bond donors (Lipinski definition) is 8. The van der Waals surface area contributed by atoms with Crippen LogP contribution in [0.3, 0.4) is 0 Å². The van der Waals surface area contributed by atoms with E-state index in [1.807, 2.05) is 0 Å². The van der Waals surface area contributed by atoms with Crippen LogP contribution < -0.4 is 32.3 Å². The zero-order chi connectivity index (χ0) is 46.5. The third-order valence-corrected chi connectivity index (χ3v) is 11.1. The molecule has 2 aromatic carbocycles. The lowest BCUT2D eigenvalue weighted by Crippen LogP contribution is -2.57. The molecule has 1 aliphatic rings. The molecule has 4 bridgehead atoms. The number of nitrogens with zero attached hydrogens (tertiary/aromatic N) is 1. The van der Waals surface area contributed by atoms with E-state index in [1.54, 1.807) is 0 Å². The summed E-state index contributed by atoms with van der Waals surface area (Å²) in [5.74, 6) is -5.02. The molecule has 1 heterocycles. The first-order chi connectivity index (χ1) is 30.1. The van der Waals surface area contributed by atoms with Crippen molar-refractivity contribution in [3.8, 4) is 22.6 Å². The molecule has 0 fully saturated rings. The number of carbonyl (C=O) groups excluding carboxylic acids is 7. The van der Waals surface area contributed by atoms with E-state index >= 15 is 0 Å². The van der Waals surface area contributed by atoms with Gasteiger partial charge in [-0.05, 0) is 88.0 Å². The molecule has 1 aliphatic heterocycles. The van der Waals surface area contributed by atoms with E-state index in [1.165, 1.54) is 101 Å². The van der Waals surface area contributed by atoms with Gasteiger partial charge >= 0.3 is 5.97 Å². The Morgan fingerprint density at radius 3 is 2.17 bits per heavy atom. The van der Waals surface area contributed by atoms with Crippen LogP contribution in [0.5, 0.6) is 11.5 Å². The van der Waals surface area contributed by atoms with Crippen molar-refractivity contribution in [2.75, 3.05) is 33.3 Å². The molecule has 0 saturated heterocycles. The molecule has 2 aromatic rings. The predicted octanol–water partition coefficient (Wildman–Crippen LogP) is 3.18. The molecule has 17 heteroatoms. The highest BCUT2D eigenvalue weighted by Crippen LogP contribution is 2.39. The van der Waals surface area contributed by atoms with Crippen molar-refractivity contribution in [3.63, 3.8) is 0 Å². The van der Waals surface area contributed by atoms with Crippen LogP contribution in [-0.2, 0) is 44.7 Å². The number of hydrogen-bond acceptors (Lipinski definition) is 12. The largest absolute Gasteiger partial charge is 0.507 e. The van der Waals surface area contributed by atoms with E-state index in [0.29, 0.717) is 31.5 Å². The fraction of sp³-hybridized carbons (Fsp3) is 0.587. The second kappa shape index (κ2) is 26.8. The van der Waals surface area contributed by atoms with Gasteiger partial charge in [0.25, 0.3) is 0 Å². The van der Waals surface area contributed by atoms with E-state index in [0.717, 1.165) is 26.3 Å². The minimum absolute atomic E-state index is 0.109. The number of Topliss-reactive ketones (excluding diaryl/α,β-unsaturated/α-hetero) is 1. The Kier molecular flexibility index (Phi) is 22.0. The Bertz CT molecular complexity index is 1870. The summed E-state index contributed by atoms with van der Waals surface area (Å²) in [6.45, 7) is 7.14. The number of amides is 5. The zero-order valence-corrected chi connectivity index (χ0v) is 37.6. The lowest BCUT2D eigenvalue weighted by atomic mass is 9.93. The highest BCUT2D eigenvalue weighted by molar-refractivity contribution is 5.97. The van der Waals surface area contributed by atoms with Gasteiger partial charge in [0, 0.05) is 44.5 Å². The van der Waals surface area contributed by atoms with E-state index in [2.05, 4.69) is 33.5 Å². The molecule has 0 aliphatic carbocycles. The number of carbonyl (C=O) groups is 7. The molecular weight excluding hydrogens is 811 g/mol. The molecule has 17 nitrogen and oxygen atoms in total. The summed E-state index contributed by atoms with van der Waals surface area (Å²) in [6, 6.07) is 2.53.